The predicted octanol–water partition coefficient (Wildman–Crippen LogP) is 3.95. The van der Waals surface area contributed by atoms with Crippen LogP contribution >= 0.6 is 0 Å². The number of carbonyl (C=O) groups is 1. The third-order valence-electron chi connectivity index (χ3n) is 3.31. The lowest BCUT2D eigenvalue weighted by molar-refractivity contribution is -0.137. The van der Waals surface area contributed by atoms with E-state index >= 15 is 0 Å². The Morgan fingerprint density at radius 1 is 1.11 bits per heavy atom. The normalized spacial score (nSPS) is 17.8. The van der Waals surface area contributed by atoms with E-state index in [-0.39, 0.29) is 16.7 Å². The molecule has 0 bridgehead atoms. The van der Waals surface area contributed by atoms with E-state index in [1.165, 1.54) is 0 Å². The number of amides is 1. The van der Waals surface area contributed by atoms with Crippen molar-refractivity contribution in [3.05, 3.63) is 11.3 Å². The molecule has 0 unspecified atom stereocenters. The fourth-order valence-corrected chi connectivity index (χ4v) is 2.30. The smallest absolute Gasteiger partial charge is 0.256 e. The highest BCUT2D eigenvalue weighted by Gasteiger charge is 2.39. The summed E-state index contributed by atoms with van der Waals surface area (Å²) < 4.78 is 5.95. The first-order valence-corrected chi connectivity index (χ1v) is 7.26. The van der Waals surface area contributed by atoms with E-state index in [0.29, 0.717) is 6.73 Å². The van der Waals surface area contributed by atoms with Crippen molar-refractivity contribution in [1.29, 1.82) is 0 Å². The van der Waals surface area contributed by atoms with Gasteiger partial charge in [0, 0.05) is 12.0 Å². The van der Waals surface area contributed by atoms with Crippen LogP contribution in [0.5, 0.6) is 0 Å². The summed E-state index contributed by atoms with van der Waals surface area (Å²) in [5, 5.41) is 0. The van der Waals surface area contributed by atoms with Crippen molar-refractivity contribution in [2.45, 2.75) is 61.3 Å². The molecule has 0 atom stereocenters. The summed E-state index contributed by atoms with van der Waals surface area (Å²) in [6.45, 7) is 15.9. The summed E-state index contributed by atoms with van der Waals surface area (Å²) in [6, 6.07) is 0. The maximum atomic E-state index is 12.7. The van der Waals surface area contributed by atoms with Crippen LogP contribution in [0, 0.1) is 10.8 Å². The van der Waals surface area contributed by atoms with Crippen molar-refractivity contribution in [3.63, 3.8) is 0 Å². The number of hydrogen-bond donors (Lipinski definition) is 0. The Kier molecular flexibility index (Phi) is 4.70. The summed E-state index contributed by atoms with van der Waals surface area (Å²) >= 11 is 0. The molecule has 0 aliphatic carbocycles. The summed E-state index contributed by atoms with van der Waals surface area (Å²) in [4.78, 5) is 14.6. The van der Waals surface area contributed by atoms with Gasteiger partial charge in [-0.25, -0.2) is 0 Å². The first-order valence-electron chi connectivity index (χ1n) is 7.26. The van der Waals surface area contributed by atoms with E-state index in [4.69, 9.17) is 4.74 Å². The molecule has 3 nitrogen and oxygen atoms in total. The molecule has 3 heteroatoms. The zero-order valence-corrected chi connectivity index (χ0v) is 13.6. The Morgan fingerprint density at radius 3 is 2.11 bits per heavy atom. The van der Waals surface area contributed by atoms with Crippen LogP contribution in [0.2, 0.25) is 0 Å². The van der Waals surface area contributed by atoms with Gasteiger partial charge >= 0.3 is 0 Å². The number of rotatable bonds is 3. The van der Waals surface area contributed by atoms with Crippen molar-refractivity contribution in [1.82, 2.24) is 4.90 Å². The Balaban J connectivity index is 3.15. The fourth-order valence-electron chi connectivity index (χ4n) is 2.30. The van der Waals surface area contributed by atoms with E-state index in [9.17, 15) is 4.79 Å². The van der Waals surface area contributed by atoms with Crippen molar-refractivity contribution in [2.75, 3.05) is 13.3 Å². The van der Waals surface area contributed by atoms with E-state index in [0.717, 1.165) is 30.7 Å². The topological polar surface area (TPSA) is 29.5 Å². The van der Waals surface area contributed by atoms with Gasteiger partial charge < -0.3 is 9.64 Å². The second-order valence-corrected chi connectivity index (χ2v) is 7.40. The molecule has 1 amide bonds. The van der Waals surface area contributed by atoms with Crippen molar-refractivity contribution in [3.8, 4) is 0 Å². The predicted molar refractivity (Wildman–Crippen MR) is 78.5 cm³/mol. The average Bonchev–Trinajstić information content (AvgIpc) is 2.24. The Morgan fingerprint density at radius 2 is 1.68 bits per heavy atom. The van der Waals surface area contributed by atoms with Crippen LogP contribution in [0.15, 0.2) is 11.3 Å². The standard InChI is InChI=1S/C16H29NO2/c1-8-9-10-17-11-19-13(16(5,6)7)12(14(17)18)15(2,3)4/h8-11H2,1-7H3. The van der Waals surface area contributed by atoms with E-state index in [1.54, 1.807) is 0 Å². The average molecular weight is 267 g/mol. The van der Waals surface area contributed by atoms with Gasteiger partial charge in [0.1, 0.15) is 5.76 Å². The Bertz CT molecular complexity index is 369. The number of nitrogens with zero attached hydrogens (tertiary/aromatic N) is 1. The molecule has 0 spiro atoms. The third kappa shape index (κ3) is 3.74. The minimum atomic E-state index is -0.190. The second kappa shape index (κ2) is 5.56. The second-order valence-electron chi connectivity index (χ2n) is 7.40. The fraction of sp³-hybridized carbons (Fsp3) is 0.812. The Labute approximate surface area is 118 Å². The number of allylic oxidation sites excluding steroid dienone is 1. The molecule has 0 N–H and O–H groups in total. The lowest BCUT2D eigenvalue weighted by atomic mass is 9.78. The van der Waals surface area contributed by atoms with E-state index < -0.39 is 0 Å². The van der Waals surface area contributed by atoms with Crippen molar-refractivity contribution < 1.29 is 9.53 Å². The lowest BCUT2D eigenvalue weighted by Crippen LogP contribution is -2.44. The van der Waals surface area contributed by atoms with Gasteiger partial charge in [-0.15, -0.1) is 0 Å². The van der Waals surface area contributed by atoms with Gasteiger partial charge in [-0.2, -0.15) is 0 Å². The van der Waals surface area contributed by atoms with E-state index in [1.807, 2.05) is 4.90 Å². The van der Waals surface area contributed by atoms with Crippen LogP contribution in [0.1, 0.15) is 61.3 Å². The lowest BCUT2D eigenvalue weighted by Gasteiger charge is -2.39. The minimum Gasteiger partial charge on any atom is -0.476 e. The minimum absolute atomic E-state index is 0.130. The number of carbonyl (C=O) groups excluding carboxylic acids is 1. The molecule has 1 heterocycles. The third-order valence-corrected chi connectivity index (χ3v) is 3.31. The molecule has 0 fully saturated rings. The molecular formula is C16H29NO2. The Hall–Kier alpha value is -0.990. The summed E-state index contributed by atoms with van der Waals surface area (Å²) in [5.74, 6) is 1.01. The zero-order chi connectivity index (χ0) is 14.8. The van der Waals surface area contributed by atoms with Gasteiger partial charge in [0.05, 0.1) is 5.57 Å². The van der Waals surface area contributed by atoms with Gasteiger partial charge in [-0.3, -0.25) is 4.79 Å². The quantitative estimate of drug-likeness (QED) is 0.775. The SMILES string of the molecule is CCCCN1COC(C(C)(C)C)=C(C(C)(C)C)C1=O. The molecule has 110 valence electrons. The molecule has 0 saturated carbocycles. The highest BCUT2D eigenvalue weighted by Crippen LogP contribution is 2.40. The molecule has 1 aliphatic heterocycles. The van der Waals surface area contributed by atoms with Gasteiger partial charge in [-0.1, -0.05) is 54.9 Å². The van der Waals surface area contributed by atoms with Crippen molar-refractivity contribution in [2.24, 2.45) is 10.8 Å². The van der Waals surface area contributed by atoms with Crippen LogP contribution in [0.3, 0.4) is 0 Å². The number of ether oxygens (including phenoxy) is 1. The van der Waals surface area contributed by atoms with Gasteiger partial charge in [0.25, 0.3) is 5.91 Å². The maximum Gasteiger partial charge on any atom is 0.256 e. The molecule has 19 heavy (non-hydrogen) atoms. The monoisotopic (exact) mass is 267 g/mol. The molecule has 1 aliphatic rings. The molecule has 0 aromatic rings. The molecular weight excluding hydrogens is 238 g/mol. The number of unbranched alkanes of at least 4 members (excludes halogenated alkanes) is 1. The van der Waals surface area contributed by atoms with Gasteiger partial charge in [-0.05, 0) is 11.8 Å². The maximum absolute atomic E-state index is 12.7. The summed E-state index contributed by atoms with van der Waals surface area (Å²) in [7, 11) is 0. The van der Waals surface area contributed by atoms with E-state index in [2.05, 4.69) is 48.5 Å². The molecule has 0 aromatic heterocycles. The van der Waals surface area contributed by atoms with Crippen LogP contribution in [-0.2, 0) is 9.53 Å². The highest BCUT2D eigenvalue weighted by molar-refractivity contribution is 5.95. The highest BCUT2D eigenvalue weighted by atomic mass is 16.5. The zero-order valence-electron chi connectivity index (χ0n) is 13.6. The largest absolute Gasteiger partial charge is 0.476 e. The summed E-state index contributed by atoms with van der Waals surface area (Å²) in [5.41, 5.74) is 0.516. The van der Waals surface area contributed by atoms with Gasteiger partial charge in [0.2, 0.25) is 0 Å². The molecule has 0 radical (unpaired) electrons. The molecule has 1 rings (SSSR count). The first kappa shape index (κ1) is 16.1. The first-order chi connectivity index (χ1) is 8.59. The van der Waals surface area contributed by atoms with Crippen LogP contribution in [0.4, 0.5) is 0 Å². The van der Waals surface area contributed by atoms with Crippen LogP contribution in [-0.4, -0.2) is 24.1 Å². The van der Waals surface area contributed by atoms with Gasteiger partial charge in [0.15, 0.2) is 6.73 Å². The van der Waals surface area contributed by atoms with Crippen LogP contribution < -0.4 is 0 Å². The molecule has 0 saturated heterocycles. The van der Waals surface area contributed by atoms with Crippen molar-refractivity contribution >= 4 is 5.91 Å². The molecule has 0 aromatic carbocycles. The van der Waals surface area contributed by atoms with Crippen LogP contribution in [0.25, 0.3) is 0 Å². The summed E-state index contributed by atoms with van der Waals surface area (Å²) in [6.07, 6.45) is 2.11. The number of hydrogen-bond acceptors (Lipinski definition) is 2.